The minimum absolute atomic E-state index is 0.0466. The second kappa shape index (κ2) is 5.70. The summed E-state index contributed by atoms with van der Waals surface area (Å²) in [5.41, 5.74) is 6.73. The molecule has 3 nitrogen and oxygen atoms in total. The van der Waals surface area contributed by atoms with Crippen LogP contribution in [0.25, 0.3) is 10.1 Å². The van der Waals surface area contributed by atoms with Crippen molar-refractivity contribution in [2.24, 2.45) is 5.92 Å². The van der Waals surface area contributed by atoms with Gasteiger partial charge in [0.1, 0.15) is 4.88 Å². The largest absolute Gasteiger partial charge is 0.397 e. The molecule has 0 aliphatic heterocycles. The van der Waals surface area contributed by atoms with Crippen LogP contribution in [0.2, 0.25) is 0 Å². The Balaban J connectivity index is 1.95. The molecule has 1 aliphatic carbocycles. The fraction of sp³-hybridized carbons (Fsp3) is 0.312. The zero-order valence-electron chi connectivity index (χ0n) is 11.4. The third-order valence-corrected chi connectivity index (χ3v) is 5.30. The molecule has 1 fully saturated rings. The normalized spacial score (nSPS) is 14.1. The molecule has 1 amide bonds. The summed E-state index contributed by atoms with van der Waals surface area (Å²) in [4.78, 5) is 15.1. The average Bonchev–Trinajstić information content (AvgIpc) is 3.22. The van der Waals surface area contributed by atoms with Crippen LogP contribution in [0, 0.1) is 18.3 Å². The van der Waals surface area contributed by atoms with Crippen molar-refractivity contribution in [2.45, 2.75) is 12.8 Å². The average molecular weight is 363 g/mol. The molecule has 108 valence electrons. The Bertz CT molecular complexity index is 743. The van der Waals surface area contributed by atoms with E-state index in [1.165, 1.54) is 24.2 Å². The van der Waals surface area contributed by atoms with Crippen molar-refractivity contribution in [1.82, 2.24) is 4.90 Å². The fourth-order valence-electron chi connectivity index (χ4n) is 2.33. The van der Waals surface area contributed by atoms with Gasteiger partial charge in [-0.05, 0) is 37.0 Å². The van der Waals surface area contributed by atoms with Gasteiger partial charge < -0.3 is 10.6 Å². The first kappa shape index (κ1) is 14.4. The minimum Gasteiger partial charge on any atom is -0.397 e. The van der Waals surface area contributed by atoms with Crippen LogP contribution in [-0.4, -0.2) is 23.9 Å². The van der Waals surface area contributed by atoms with Crippen LogP contribution in [0.3, 0.4) is 0 Å². The van der Waals surface area contributed by atoms with Crippen molar-refractivity contribution in [3.63, 3.8) is 0 Å². The number of fused-ring (bicyclic) bond motifs is 1. The van der Waals surface area contributed by atoms with Gasteiger partial charge in [0.2, 0.25) is 0 Å². The number of halogens is 1. The summed E-state index contributed by atoms with van der Waals surface area (Å²) in [6.45, 7) is 1.08. The second-order valence-corrected chi connectivity index (χ2v) is 7.29. The van der Waals surface area contributed by atoms with E-state index in [4.69, 9.17) is 12.2 Å². The lowest BCUT2D eigenvalue weighted by molar-refractivity contribution is 0.0775. The van der Waals surface area contributed by atoms with Gasteiger partial charge in [-0.1, -0.05) is 21.9 Å². The quantitative estimate of drug-likeness (QED) is 0.842. The number of terminal acetylenes is 1. The number of nitrogen functional groups attached to an aromatic ring is 1. The van der Waals surface area contributed by atoms with Gasteiger partial charge in [-0.25, -0.2) is 0 Å². The maximum Gasteiger partial charge on any atom is 0.266 e. The van der Waals surface area contributed by atoms with Crippen LogP contribution < -0.4 is 5.73 Å². The Morgan fingerprint density at radius 2 is 2.29 bits per heavy atom. The summed E-state index contributed by atoms with van der Waals surface area (Å²) in [5, 5.41) is 0.921. The molecule has 0 atom stereocenters. The van der Waals surface area contributed by atoms with E-state index in [0.29, 0.717) is 23.0 Å². The molecule has 0 bridgehead atoms. The number of nitrogens with zero attached hydrogens (tertiary/aromatic N) is 1. The zero-order chi connectivity index (χ0) is 15.0. The molecule has 0 saturated heterocycles. The molecule has 21 heavy (non-hydrogen) atoms. The smallest absolute Gasteiger partial charge is 0.266 e. The van der Waals surface area contributed by atoms with Crippen molar-refractivity contribution in [1.29, 1.82) is 0 Å². The van der Waals surface area contributed by atoms with Crippen LogP contribution in [0.1, 0.15) is 22.5 Å². The van der Waals surface area contributed by atoms with Gasteiger partial charge in [-0.15, -0.1) is 17.8 Å². The van der Waals surface area contributed by atoms with Crippen molar-refractivity contribution < 1.29 is 4.79 Å². The highest BCUT2D eigenvalue weighted by molar-refractivity contribution is 9.10. The molecule has 1 aliphatic rings. The number of nitrogens with two attached hydrogens (primary N) is 1. The molecule has 1 heterocycles. The maximum atomic E-state index is 12.7. The molecule has 0 radical (unpaired) electrons. The maximum absolute atomic E-state index is 12.7. The lowest BCUT2D eigenvalue weighted by Crippen LogP contribution is -2.33. The molecule has 1 aromatic carbocycles. The Labute approximate surface area is 136 Å². The fourth-order valence-corrected chi connectivity index (χ4v) is 3.77. The van der Waals surface area contributed by atoms with Crippen molar-refractivity contribution in [3.05, 3.63) is 27.5 Å². The van der Waals surface area contributed by atoms with Crippen LogP contribution >= 0.6 is 27.3 Å². The molecule has 2 aromatic rings. The summed E-state index contributed by atoms with van der Waals surface area (Å²) in [6.07, 6.45) is 7.76. The first-order valence-electron chi connectivity index (χ1n) is 6.80. The summed E-state index contributed by atoms with van der Waals surface area (Å²) >= 11 is 4.87. The molecule has 5 heteroatoms. The van der Waals surface area contributed by atoms with Gasteiger partial charge in [-0.2, -0.15) is 0 Å². The number of hydrogen-bond donors (Lipinski definition) is 1. The van der Waals surface area contributed by atoms with E-state index in [9.17, 15) is 4.79 Å². The summed E-state index contributed by atoms with van der Waals surface area (Å²) in [6, 6.07) is 5.88. The van der Waals surface area contributed by atoms with Crippen LogP contribution in [0.5, 0.6) is 0 Å². The monoisotopic (exact) mass is 362 g/mol. The first-order valence-corrected chi connectivity index (χ1v) is 8.41. The highest BCUT2D eigenvalue weighted by Gasteiger charge is 2.28. The number of carbonyl (C=O) groups excluding carboxylic acids is 1. The number of carbonyl (C=O) groups is 1. The Morgan fingerprint density at radius 3 is 2.95 bits per heavy atom. The van der Waals surface area contributed by atoms with Gasteiger partial charge in [0, 0.05) is 21.1 Å². The van der Waals surface area contributed by atoms with Gasteiger partial charge in [0.15, 0.2) is 0 Å². The molecule has 1 saturated carbocycles. The number of amides is 1. The Morgan fingerprint density at radius 1 is 1.52 bits per heavy atom. The van der Waals surface area contributed by atoms with E-state index in [2.05, 4.69) is 21.9 Å². The summed E-state index contributed by atoms with van der Waals surface area (Å²) < 4.78 is 1.98. The zero-order valence-corrected chi connectivity index (χ0v) is 13.8. The predicted molar refractivity (Wildman–Crippen MR) is 91.4 cm³/mol. The van der Waals surface area contributed by atoms with Crippen LogP contribution in [0.15, 0.2) is 22.7 Å². The first-order chi connectivity index (χ1) is 10.1. The molecule has 2 N–H and O–H groups in total. The van der Waals surface area contributed by atoms with Crippen LogP contribution in [-0.2, 0) is 0 Å². The van der Waals surface area contributed by atoms with E-state index in [0.717, 1.165) is 21.1 Å². The Kier molecular flexibility index (Phi) is 3.92. The highest BCUT2D eigenvalue weighted by Crippen LogP contribution is 2.37. The van der Waals surface area contributed by atoms with E-state index in [-0.39, 0.29) is 5.91 Å². The van der Waals surface area contributed by atoms with Gasteiger partial charge in [-0.3, -0.25) is 4.79 Å². The number of thiophene rings is 1. The summed E-state index contributed by atoms with van der Waals surface area (Å²) in [7, 11) is 0. The molecule has 0 spiro atoms. The molecule has 0 unspecified atom stereocenters. The lowest BCUT2D eigenvalue weighted by atomic mass is 10.2. The number of hydrogen-bond acceptors (Lipinski definition) is 3. The van der Waals surface area contributed by atoms with Gasteiger partial charge in [0.05, 0.1) is 12.2 Å². The third kappa shape index (κ3) is 2.92. The minimum atomic E-state index is -0.0466. The van der Waals surface area contributed by atoms with Gasteiger partial charge >= 0.3 is 0 Å². The van der Waals surface area contributed by atoms with Gasteiger partial charge in [0.25, 0.3) is 5.91 Å². The number of anilines is 1. The topological polar surface area (TPSA) is 46.3 Å². The molecular formula is C16H15BrN2OS. The van der Waals surface area contributed by atoms with Crippen molar-refractivity contribution in [2.75, 3.05) is 18.8 Å². The van der Waals surface area contributed by atoms with Crippen molar-refractivity contribution in [3.8, 4) is 12.3 Å². The van der Waals surface area contributed by atoms with E-state index < -0.39 is 0 Å². The Hall–Kier alpha value is -1.51. The summed E-state index contributed by atoms with van der Waals surface area (Å²) in [5.74, 6) is 3.13. The predicted octanol–water partition coefficient (Wildman–Crippen LogP) is 3.73. The van der Waals surface area contributed by atoms with E-state index >= 15 is 0 Å². The van der Waals surface area contributed by atoms with Crippen molar-refractivity contribution >= 4 is 48.9 Å². The third-order valence-electron chi connectivity index (χ3n) is 3.63. The number of benzene rings is 1. The van der Waals surface area contributed by atoms with E-state index in [1.54, 1.807) is 4.90 Å². The lowest BCUT2D eigenvalue weighted by Gasteiger charge is -2.19. The second-order valence-electron chi connectivity index (χ2n) is 5.32. The number of rotatable bonds is 4. The molecule has 3 rings (SSSR count). The standard InChI is InChI=1S/C16H15BrN2OS/c1-2-7-19(9-10-3-4-10)16(20)15-14(18)12-8-11(17)5-6-13(12)21-15/h1,5-6,8,10H,3-4,7,9,18H2. The SMILES string of the molecule is C#CCN(CC1CC1)C(=O)c1sc2ccc(Br)cc2c1N. The van der Waals surface area contributed by atoms with Crippen LogP contribution in [0.4, 0.5) is 5.69 Å². The molecular weight excluding hydrogens is 348 g/mol. The molecule has 1 aromatic heterocycles. The highest BCUT2D eigenvalue weighted by atomic mass is 79.9. The van der Waals surface area contributed by atoms with E-state index in [1.807, 2.05) is 18.2 Å².